The van der Waals surface area contributed by atoms with Crippen LogP contribution in [0.15, 0.2) is 89.4 Å². The summed E-state index contributed by atoms with van der Waals surface area (Å²) < 4.78 is 12.1. The molecule has 0 bridgehead atoms. The van der Waals surface area contributed by atoms with Crippen LogP contribution in [0, 0.1) is 0 Å². The molecule has 3 aromatic rings. The van der Waals surface area contributed by atoms with Crippen LogP contribution in [0.5, 0.6) is 11.5 Å². The Morgan fingerprint density at radius 2 is 1.59 bits per heavy atom. The summed E-state index contributed by atoms with van der Waals surface area (Å²) in [5.74, 6) is 0.930. The molecule has 0 aromatic heterocycles. The van der Waals surface area contributed by atoms with Crippen molar-refractivity contribution in [3.8, 4) is 22.6 Å². The van der Waals surface area contributed by atoms with Crippen LogP contribution in [0.3, 0.4) is 0 Å². The maximum atomic E-state index is 12.4. The van der Waals surface area contributed by atoms with E-state index in [1.54, 1.807) is 12.1 Å². The van der Waals surface area contributed by atoms with Crippen LogP contribution in [-0.2, 0) is 4.79 Å². The van der Waals surface area contributed by atoms with E-state index in [9.17, 15) is 4.79 Å². The largest absolute Gasteiger partial charge is 0.487 e. The summed E-state index contributed by atoms with van der Waals surface area (Å²) in [6, 6.07) is 23.1. The molecule has 0 atom stereocenters. The van der Waals surface area contributed by atoms with Gasteiger partial charge < -0.3 is 14.8 Å². The lowest BCUT2D eigenvalue weighted by atomic mass is 10.1. The van der Waals surface area contributed by atoms with E-state index in [0.29, 0.717) is 23.8 Å². The van der Waals surface area contributed by atoms with Crippen molar-refractivity contribution in [2.45, 2.75) is 6.92 Å². The van der Waals surface area contributed by atoms with Crippen molar-refractivity contribution < 1.29 is 14.3 Å². The Morgan fingerprint density at radius 1 is 0.897 bits per heavy atom. The molecule has 4 nitrogen and oxygen atoms in total. The molecule has 0 unspecified atom stereocenters. The average molecular weight is 452 g/mol. The topological polar surface area (TPSA) is 47.6 Å². The van der Waals surface area contributed by atoms with Crippen LogP contribution < -0.4 is 14.8 Å². The fraction of sp³-hybridized carbons (Fsp3) is 0.125. The predicted octanol–water partition coefficient (Wildman–Crippen LogP) is 6.09. The van der Waals surface area contributed by atoms with Crippen LogP contribution in [0.25, 0.3) is 11.1 Å². The van der Waals surface area contributed by atoms with Crippen LogP contribution >= 0.6 is 15.9 Å². The van der Waals surface area contributed by atoms with Crippen LogP contribution in [-0.4, -0.2) is 19.1 Å². The number of rotatable bonds is 8. The fourth-order valence-corrected chi connectivity index (χ4v) is 3.15. The van der Waals surface area contributed by atoms with E-state index in [2.05, 4.69) is 27.8 Å². The third-order valence-electron chi connectivity index (χ3n) is 4.03. The molecular formula is C24H22BrNO3. The molecule has 1 N–H and O–H groups in total. The zero-order valence-electron chi connectivity index (χ0n) is 16.2. The SMILES string of the molecule is C=C(C)COc1ccccc1NC(=O)COc1ccc(-c2ccccc2)cc1Br. The highest BCUT2D eigenvalue weighted by Crippen LogP contribution is 2.31. The number of para-hydroxylation sites is 2. The van der Waals surface area contributed by atoms with E-state index in [0.717, 1.165) is 21.2 Å². The highest BCUT2D eigenvalue weighted by atomic mass is 79.9. The quantitative estimate of drug-likeness (QED) is 0.421. The van der Waals surface area contributed by atoms with Gasteiger partial charge in [0.1, 0.15) is 18.1 Å². The number of carbonyl (C=O) groups is 1. The second-order valence-corrected chi connectivity index (χ2v) is 7.44. The molecule has 0 aliphatic heterocycles. The predicted molar refractivity (Wildman–Crippen MR) is 120 cm³/mol. The van der Waals surface area contributed by atoms with E-state index in [1.165, 1.54) is 0 Å². The molecule has 1 amide bonds. The molecule has 3 rings (SSSR count). The standard InChI is InChI=1S/C24H22BrNO3/c1-17(2)15-28-23-11-7-6-10-21(23)26-24(27)16-29-22-13-12-19(14-20(22)25)18-8-4-3-5-9-18/h3-14H,1,15-16H2,2H3,(H,26,27). The third kappa shape index (κ3) is 5.96. The molecule has 0 fully saturated rings. The van der Waals surface area contributed by atoms with E-state index >= 15 is 0 Å². The molecule has 0 aliphatic rings. The highest BCUT2D eigenvalue weighted by molar-refractivity contribution is 9.10. The van der Waals surface area contributed by atoms with Crippen molar-refractivity contribution in [2.24, 2.45) is 0 Å². The number of hydrogen-bond acceptors (Lipinski definition) is 3. The van der Waals surface area contributed by atoms with Crippen molar-refractivity contribution in [3.63, 3.8) is 0 Å². The summed E-state index contributed by atoms with van der Waals surface area (Å²) in [6.07, 6.45) is 0. The summed E-state index contributed by atoms with van der Waals surface area (Å²) in [6.45, 7) is 5.99. The minimum absolute atomic E-state index is 0.113. The van der Waals surface area contributed by atoms with Gasteiger partial charge in [-0.25, -0.2) is 0 Å². The highest BCUT2D eigenvalue weighted by Gasteiger charge is 2.10. The Labute approximate surface area is 179 Å². The molecule has 0 radical (unpaired) electrons. The minimum atomic E-state index is -0.268. The van der Waals surface area contributed by atoms with Gasteiger partial charge in [0.25, 0.3) is 5.91 Å². The Hall–Kier alpha value is -3.05. The second-order valence-electron chi connectivity index (χ2n) is 6.59. The molecule has 0 spiro atoms. The Morgan fingerprint density at radius 3 is 2.31 bits per heavy atom. The van der Waals surface area contributed by atoms with Gasteiger partial charge in [0.05, 0.1) is 10.2 Å². The molecule has 29 heavy (non-hydrogen) atoms. The first-order valence-corrected chi connectivity index (χ1v) is 9.96. The summed E-state index contributed by atoms with van der Waals surface area (Å²) in [7, 11) is 0. The first kappa shape index (κ1) is 20.7. The van der Waals surface area contributed by atoms with Gasteiger partial charge in [-0.15, -0.1) is 0 Å². The lowest BCUT2D eigenvalue weighted by Crippen LogP contribution is -2.20. The van der Waals surface area contributed by atoms with E-state index in [1.807, 2.05) is 67.6 Å². The third-order valence-corrected chi connectivity index (χ3v) is 4.65. The lowest BCUT2D eigenvalue weighted by Gasteiger charge is -2.13. The molecule has 5 heteroatoms. The van der Waals surface area contributed by atoms with Crippen molar-refractivity contribution in [3.05, 3.63) is 89.4 Å². The molecule has 3 aromatic carbocycles. The number of carbonyl (C=O) groups excluding carboxylic acids is 1. The summed E-state index contributed by atoms with van der Waals surface area (Å²) in [5, 5.41) is 2.83. The Kier molecular flexibility index (Phi) is 7.09. The van der Waals surface area contributed by atoms with Crippen LogP contribution in [0.2, 0.25) is 0 Å². The number of halogens is 1. The molecule has 0 saturated heterocycles. The van der Waals surface area contributed by atoms with Crippen molar-refractivity contribution in [1.82, 2.24) is 0 Å². The number of ether oxygens (including phenoxy) is 2. The number of hydrogen-bond donors (Lipinski definition) is 1. The van der Waals surface area contributed by atoms with Crippen LogP contribution in [0.1, 0.15) is 6.92 Å². The maximum Gasteiger partial charge on any atom is 0.262 e. The molecule has 0 heterocycles. The van der Waals surface area contributed by atoms with Gasteiger partial charge in [0.2, 0.25) is 0 Å². The monoisotopic (exact) mass is 451 g/mol. The number of amides is 1. The van der Waals surface area contributed by atoms with E-state index in [-0.39, 0.29) is 12.5 Å². The van der Waals surface area contributed by atoms with Gasteiger partial charge in [-0.3, -0.25) is 4.79 Å². The van der Waals surface area contributed by atoms with Crippen molar-refractivity contribution in [1.29, 1.82) is 0 Å². The van der Waals surface area contributed by atoms with Gasteiger partial charge in [-0.05, 0) is 63.8 Å². The van der Waals surface area contributed by atoms with Gasteiger partial charge >= 0.3 is 0 Å². The Bertz CT molecular complexity index is 1000. The van der Waals surface area contributed by atoms with Crippen LogP contribution in [0.4, 0.5) is 5.69 Å². The molecule has 148 valence electrons. The molecule has 0 aliphatic carbocycles. The number of nitrogens with one attached hydrogen (secondary N) is 1. The number of anilines is 1. The maximum absolute atomic E-state index is 12.4. The summed E-state index contributed by atoms with van der Waals surface area (Å²) in [4.78, 5) is 12.4. The molecular weight excluding hydrogens is 430 g/mol. The summed E-state index contributed by atoms with van der Waals surface area (Å²) >= 11 is 3.52. The molecule has 0 saturated carbocycles. The van der Waals surface area contributed by atoms with Crippen molar-refractivity contribution >= 4 is 27.5 Å². The Balaban J connectivity index is 1.61. The average Bonchev–Trinajstić information content (AvgIpc) is 2.73. The van der Waals surface area contributed by atoms with Gasteiger partial charge in [-0.2, -0.15) is 0 Å². The first-order chi connectivity index (χ1) is 14.0. The first-order valence-electron chi connectivity index (χ1n) is 9.17. The van der Waals surface area contributed by atoms with Crippen molar-refractivity contribution in [2.75, 3.05) is 18.5 Å². The second kappa shape index (κ2) is 9.94. The summed E-state index contributed by atoms with van der Waals surface area (Å²) in [5.41, 5.74) is 3.68. The fourth-order valence-electron chi connectivity index (χ4n) is 2.65. The number of benzene rings is 3. The smallest absolute Gasteiger partial charge is 0.262 e. The zero-order chi connectivity index (χ0) is 20.6. The minimum Gasteiger partial charge on any atom is -0.487 e. The lowest BCUT2D eigenvalue weighted by molar-refractivity contribution is -0.118. The van der Waals surface area contributed by atoms with Gasteiger partial charge in [0.15, 0.2) is 6.61 Å². The van der Waals surface area contributed by atoms with E-state index < -0.39 is 0 Å². The van der Waals surface area contributed by atoms with Gasteiger partial charge in [0, 0.05) is 0 Å². The zero-order valence-corrected chi connectivity index (χ0v) is 17.7. The van der Waals surface area contributed by atoms with Gasteiger partial charge in [-0.1, -0.05) is 55.1 Å². The normalized spacial score (nSPS) is 10.3. The van der Waals surface area contributed by atoms with E-state index in [4.69, 9.17) is 9.47 Å².